The zero-order valence-corrected chi connectivity index (χ0v) is 14.9. The molecular weight excluding hydrogens is 413 g/mol. The van der Waals surface area contributed by atoms with Crippen molar-refractivity contribution in [2.75, 3.05) is 0 Å². The molecule has 0 spiro atoms. The van der Waals surface area contributed by atoms with Crippen molar-refractivity contribution in [3.8, 4) is 11.1 Å². The zero-order valence-electron chi connectivity index (χ0n) is 12.8. The molecule has 3 nitrogen and oxygen atoms in total. The molecule has 0 aliphatic rings. The predicted octanol–water partition coefficient (Wildman–Crippen LogP) is 4.91. The van der Waals surface area contributed by atoms with Gasteiger partial charge in [0.25, 0.3) is 0 Å². The summed E-state index contributed by atoms with van der Waals surface area (Å²) in [6, 6.07) is 21.7. The van der Waals surface area contributed by atoms with Crippen LogP contribution < -0.4 is 5.43 Å². The molecule has 24 heavy (non-hydrogen) atoms. The van der Waals surface area contributed by atoms with Crippen molar-refractivity contribution in [1.82, 2.24) is 4.57 Å². The molecule has 118 valence electrons. The van der Waals surface area contributed by atoms with Crippen LogP contribution in [0.4, 0.5) is 0 Å². The third-order valence-electron chi connectivity index (χ3n) is 4.02. The van der Waals surface area contributed by atoms with E-state index in [1.165, 1.54) is 0 Å². The first kappa shape index (κ1) is 15.2. The van der Waals surface area contributed by atoms with E-state index in [2.05, 4.69) is 34.7 Å². The maximum absolute atomic E-state index is 12.5. The lowest BCUT2D eigenvalue weighted by Crippen LogP contribution is -2.07. The van der Waals surface area contributed by atoms with Gasteiger partial charge in [0.2, 0.25) is 5.71 Å². The highest BCUT2D eigenvalue weighted by Crippen LogP contribution is 2.33. The summed E-state index contributed by atoms with van der Waals surface area (Å²) in [5.41, 5.74) is 3.64. The lowest BCUT2D eigenvalue weighted by molar-refractivity contribution is 0.547. The second-order valence-corrected chi connectivity index (χ2v) is 6.57. The van der Waals surface area contributed by atoms with E-state index in [4.69, 9.17) is 4.42 Å². The monoisotopic (exact) mass is 427 g/mol. The summed E-state index contributed by atoms with van der Waals surface area (Å²) in [5.74, 6) is 0. The molecule has 0 saturated carbocycles. The van der Waals surface area contributed by atoms with Gasteiger partial charge in [-0.3, -0.25) is 4.79 Å². The van der Waals surface area contributed by atoms with E-state index in [-0.39, 0.29) is 5.43 Å². The SMILES string of the molecule is O=c1ccn(Cc2ccccc2)c2oc(I)c(-c3ccccc3)c12. The summed E-state index contributed by atoms with van der Waals surface area (Å²) in [5, 5.41) is 0.643. The minimum absolute atomic E-state index is 0.0140. The van der Waals surface area contributed by atoms with E-state index in [0.717, 1.165) is 20.5 Å². The van der Waals surface area contributed by atoms with Gasteiger partial charge in [-0.1, -0.05) is 60.7 Å². The molecule has 0 atom stereocenters. The van der Waals surface area contributed by atoms with Gasteiger partial charge in [-0.2, -0.15) is 0 Å². The Labute approximate surface area is 152 Å². The van der Waals surface area contributed by atoms with Crippen molar-refractivity contribution in [3.05, 3.63) is 92.5 Å². The van der Waals surface area contributed by atoms with Crippen molar-refractivity contribution in [2.24, 2.45) is 0 Å². The van der Waals surface area contributed by atoms with E-state index in [1.54, 1.807) is 12.3 Å². The van der Waals surface area contributed by atoms with Crippen LogP contribution in [0.15, 0.2) is 82.1 Å². The average Bonchev–Trinajstić information content (AvgIpc) is 2.97. The fourth-order valence-electron chi connectivity index (χ4n) is 2.90. The van der Waals surface area contributed by atoms with E-state index in [1.807, 2.05) is 53.1 Å². The third-order valence-corrected chi connectivity index (χ3v) is 4.78. The Morgan fingerprint density at radius 1 is 0.917 bits per heavy atom. The fourth-order valence-corrected chi connectivity index (χ4v) is 3.69. The van der Waals surface area contributed by atoms with Crippen LogP contribution in [0.2, 0.25) is 0 Å². The smallest absolute Gasteiger partial charge is 0.213 e. The summed E-state index contributed by atoms with van der Waals surface area (Å²) < 4.78 is 8.71. The molecule has 4 rings (SSSR count). The Morgan fingerprint density at radius 2 is 1.58 bits per heavy atom. The van der Waals surface area contributed by atoms with Crippen molar-refractivity contribution in [3.63, 3.8) is 0 Å². The lowest BCUT2D eigenvalue weighted by Gasteiger charge is -2.07. The number of pyridine rings is 1. The second-order valence-electron chi connectivity index (χ2n) is 5.59. The van der Waals surface area contributed by atoms with E-state index >= 15 is 0 Å². The van der Waals surface area contributed by atoms with Gasteiger partial charge in [0.1, 0.15) is 0 Å². The molecule has 0 saturated heterocycles. The van der Waals surface area contributed by atoms with Crippen LogP contribution in [0.1, 0.15) is 5.56 Å². The minimum Gasteiger partial charge on any atom is -0.433 e. The summed E-state index contributed by atoms with van der Waals surface area (Å²) >= 11 is 2.16. The number of halogens is 1. The Bertz CT molecular complexity index is 1050. The van der Waals surface area contributed by atoms with Gasteiger partial charge in [-0.25, -0.2) is 0 Å². The second kappa shape index (κ2) is 6.28. The van der Waals surface area contributed by atoms with Gasteiger partial charge >= 0.3 is 0 Å². The molecule has 0 bridgehead atoms. The normalized spacial score (nSPS) is 11.0. The van der Waals surface area contributed by atoms with Crippen LogP contribution in [-0.2, 0) is 6.54 Å². The first-order chi connectivity index (χ1) is 11.7. The van der Waals surface area contributed by atoms with E-state index in [9.17, 15) is 4.79 Å². The van der Waals surface area contributed by atoms with Gasteiger partial charge in [-0.05, 0) is 11.1 Å². The molecule has 4 aromatic rings. The number of benzene rings is 2. The van der Waals surface area contributed by atoms with Crippen molar-refractivity contribution >= 4 is 33.7 Å². The average molecular weight is 427 g/mol. The summed E-state index contributed by atoms with van der Waals surface area (Å²) in [6.45, 7) is 0.662. The molecule has 0 fully saturated rings. The van der Waals surface area contributed by atoms with Crippen LogP contribution in [0.25, 0.3) is 22.2 Å². The van der Waals surface area contributed by atoms with Crippen LogP contribution in [0.3, 0.4) is 0 Å². The van der Waals surface area contributed by atoms with Gasteiger partial charge in [0, 0.05) is 40.4 Å². The molecule has 2 aromatic carbocycles. The topological polar surface area (TPSA) is 35.1 Å². The molecule has 0 N–H and O–H groups in total. The number of hydrogen-bond donors (Lipinski definition) is 0. The molecule has 2 heterocycles. The number of fused-ring (bicyclic) bond motifs is 1. The first-order valence-electron chi connectivity index (χ1n) is 7.65. The summed E-state index contributed by atoms with van der Waals surface area (Å²) in [7, 11) is 0. The molecule has 0 aliphatic carbocycles. The zero-order chi connectivity index (χ0) is 16.5. The maximum atomic E-state index is 12.5. The van der Waals surface area contributed by atoms with Gasteiger partial charge in [0.15, 0.2) is 9.20 Å². The molecule has 4 heteroatoms. The molecule has 0 radical (unpaired) electrons. The number of rotatable bonds is 3. The number of hydrogen-bond acceptors (Lipinski definition) is 2. The van der Waals surface area contributed by atoms with E-state index in [0.29, 0.717) is 17.6 Å². The standard InChI is InChI=1S/C20H14INO2/c21-19-17(15-9-5-2-6-10-15)18-16(23)11-12-22(20(18)24-19)13-14-7-3-1-4-8-14/h1-12H,13H2. The lowest BCUT2D eigenvalue weighted by atomic mass is 10.1. The minimum atomic E-state index is -0.0140. The Kier molecular flexibility index (Phi) is 3.98. The predicted molar refractivity (Wildman–Crippen MR) is 104 cm³/mol. The molecule has 2 aromatic heterocycles. The first-order valence-corrected chi connectivity index (χ1v) is 8.73. The summed E-state index contributed by atoms with van der Waals surface area (Å²) in [4.78, 5) is 12.5. The largest absolute Gasteiger partial charge is 0.433 e. The van der Waals surface area contributed by atoms with Crippen molar-refractivity contribution < 1.29 is 4.42 Å². The Hall–Kier alpha value is -2.34. The highest BCUT2D eigenvalue weighted by atomic mass is 127. The van der Waals surface area contributed by atoms with Crippen molar-refractivity contribution in [2.45, 2.75) is 6.54 Å². The quantitative estimate of drug-likeness (QED) is 0.436. The van der Waals surface area contributed by atoms with Crippen molar-refractivity contribution in [1.29, 1.82) is 0 Å². The Morgan fingerprint density at radius 3 is 2.29 bits per heavy atom. The Balaban J connectivity index is 1.93. The van der Waals surface area contributed by atoms with Crippen LogP contribution in [-0.4, -0.2) is 4.57 Å². The molecule has 0 aliphatic heterocycles. The van der Waals surface area contributed by atoms with Crippen LogP contribution in [0, 0.1) is 3.77 Å². The van der Waals surface area contributed by atoms with Gasteiger partial charge < -0.3 is 8.98 Å². The number of nitrogens with zero attached hydrogens (tertiary/aromatic N) is 1. The highest BCUT2D eigenvalue weighted by Gasteiger charge is 2.18. The number of aromatic nitrogens is 1. The molecule has 0 unspecified atom stereocenters. The van der Waals surface area contributed by atoms with Gasteiger partial charge in [-0.15, -0.1) is 0 Å². The fraction of sp³-hybridized carbons (Fsp3) is 0.0500. The van der Waals surface area contributed by atoms with Gasteiger partial charge in [0.05, 0.1) is 11.9 Å². The van der Waals surface area contributed by atoms with E-state index < -0.39 is 0 Å². The van der Waals surface area contributed by atoms with Crippen LogP contribution in [0.5, 0.6) is 0 Å². The van der Waals surface area contributed by atoms with Crippen LogP contribution >= 0.6 is 22.6 Å². The number of furan rings is 1. The molecule has 0 amide bonds. The third kappa shape index (κ3) is 2.67. The maximum Gasteiger partial charge on any atom is 0.213 e. The molecular formula is C20H14INO2. The summed E-state index contributed by atoms with van der Waals surface area (Å²) in [6.07, 6.45) is 1.80. The highest BCUT2D eigenvalue weighted by molar-refractivity contribution is 14.1.